The van der Waals surface area contributed by atoms with Crippen molar-refractivity contribution < 1.29 is 8.42 Å². The zero-order valence-electron chi connectivity index (χ0n) is 14.0. The quantitative estimate of drug-likeness (QED) is 0.847. The number of sulfonamides is 1. The van der Waals surface area contributed by atoms with Crippen molar-refractivity contribution in [3.8, 4) is 5.69 Å². The highest BCUT2D eigenvalue weighted by molar-refractivity contribution is 7.90. The van der Waals surface area contributed by atoms with Gasteiger partial charge < -0.3 is 0 Å². The van der Waals surface area contributed by atoms with Crippen LogP contribution < -0.4 is 4.72 Å². The van der Waals surface area contributed by atoms with Gasteiger partial charge >= 0.3 is 0 Å². The highest BCUT2D eigenvalue weighted by atomic mass is 32.2. The second-order valence-electron chi connectivity index (χ2n) is 6.39. The lowest BCUT2D eigenvalue weighted by Crippen LogP contribution is -2.39. The molecule has 0 saturated carbocycles. The van der Waals surface area contributed by atoms with Gasteiger partial charge in [0.25, 0.3) is 0 Å². The molecule has 1 aliphatic heterocycles. The van der Waals surface area contributed by atoms with Gasteiger partial charge in [-0.05, 0) is 32.4 Å². The van der Waals surface area contributed by atoms with Gasteiger partial charge in [0, 0.05) is 19.1 Å². The maximum absolute atomic E-state index is 12.3. The van der Waals surface area contributed by atoms with Crippen LogP contribution in [0.15, 0.2) is 36.7 Å². The molecule has 0 spiro atoms. The molecule has 0 unspecified atom stereocenters. The minimum Gasteiger partial charge on any atom is -0.295 e. The number of benzene rings is 1. The van der Waals surface area contributed by atoms with E-state index in [2.05, 4.69) is 19.7 Å². The Morgan fingerprint density at radius 3 is 2.75 bits per heavy atom. The third-order valence-electron chi connectivity index (χ3n) is 4.05. The molecule has 0 bridgehead atoms. The molecular weight excluding hydrogens is 326 g/mol. The SMILES string of the molecule is CC(C)NS(=O)(=O)[C@H]1CCN(Cc2ncnn2-c2ccccc2)C1. The summed E-state index contributed by atoms with van der Waals surface area (Å²) in [7, 11) is -3.27. The molecule has 3 rings (SSSR count). The fourth-order valence-corrected chi connectivity index (χ4v) is 4.65. The van der Waals surface area contributed by atoms with E-state index in [0.717, 1.165) is 18.1 Å². The molecule has 1 fully saturated rings. The number of nitrogens with one attached hydrogen (secondary N) is 1. The Balaban J connectivity index is 1.68. The number of hydrogen-bond acceptors (Lipinski definition) is 5. The molecule has 1 atom stereocenters. The number of para-hydroxylation sites is 1. The van der Waals surface area contributed by atoms with Crippen LogP contribution in [0.4, 0.5) is 0 Å². The molecule has 0 amide bonds. The molecule has 24 heavy (non-hydrogen) atoms. The number of hydrogen-bond donors (Lipinski definition) is 1. The summed E-state index contributed by atoms with van der Waals surface area (Å²) in [5, 5.41) is 3.92. The molecule has 1 aliphatic rings. The van der Waals surface area contributed by atoms with Crippen molar-refractivity contribution >= 4 is 10.0 Å². The maximum atomic E-state index is 12.3. The van der Waals surface area contributed by atoms with Gasteiger partial charge in [0.15, 0.2) is 0 Å². The summed E-state index contributed by atoms with van der Waals surface area (Å²) in [5.41, 5.74) is 0.954. The second kappa shape index (κ2) is 7.00. The van der Waals surface area contributed by atoms with Gasteiger partial charge in [-0.1, -0.05) is 18.2 Å². The fourth-order valence-electron chi connectivity index (χ4n) is 2.98. The second-order valence-corrected chi connectivity index (χ2v) is 8.38. The number of aromatic nitrogens is 3. The van der Waals surface area contributed by atoms with Crippen molar-refractivity contribution in [3.63, 3.8) is 0 Å². The van der Waals surface area contributed by atoms with Crippen molar-refractivity contribution in [1.29, 1.82) is 0 Å². The summed E-state index contributed by atoms with van der Waals surface area (Å²) in [6.07, 6.45) is 2.18. The van der Waals surface area contributed by atoms with Gasteiger partial charge in [-0.3, -0.25) is 4.90 Å². The van der Waals surface area contributed by atoms with Gasteiger partial charge in [0.05, 0.1) is 17.5 Å². The van der Waals surface area contributed by atoms with Crippen LogP contribution in [-0.4, -0.2) is 52.5 Å². The molecule has 8 heteroatoms. The Kier molecular flexibility index (Phi) is 4.98. The molecule has 1 N–H and O–H groups in total. The average molecular weight is 349 g/mol. The molecule has 0 radical (unpaired) electrons. The van der Waals surface area contributed by atoms with Crippen molar-refractivity contribution in [1.82, 2.24) is 24.4 Å². The lowest BCUT2D eigenvalue weighted by molar-refractivity contribution is 0.319. The molecule has 130 valence electrons. The summed E-state index contributed by atoms with van der Waals surface area (Å²) in [5.74, 6) is 0.816. The van der Waals surface area contributed by atoms with E-state index >= 15 is 0 Å². The maximum Gasteiger partial charge on any atom is 0.216 e. The Labute approximate surface area is 142 Å². The first-order valence-electron chi connectivity index (χ1n) is 8.13. The first kappa shape index (κ1) is 17.1. The number of likely N-dealkylation sites (tertiary alicyclic amines) is 1. The van der Waals surface area contributed by atoms with E-state index in [-0.39, 0.29) is 11.3 Å². The van der Waals surface area contributed by atoms with Gasteiger partial charge in [0.2, 0.25) is 10.0 Å². The van der Waals surface area contributed by atoms with E-state index < -0.39 is 10.0 Å². The third kappa shape index (κ3) is 3.82. The van der Waals surface area contributed by atoms with Crippen LogP contribution in [0.25, 0.3) is 5.69 Å². The summed E-state index contributed by atoms with van der Waals surface area (Å²) < 4.78 is 29.1. The first-order chi connectivity index (χ1) is 11.5. The monoisotopic (exact) mass is 349 g/mol. The smallest absolute Gasteiger partial charge is 0.216 e. The van der Waals surface area contributed by atoms with Crippen molar-refractivity contribution in [2.24, 2.45) is 0 Å². The number of rotatable bonds is 6. The lowest BCUT2D eigenvalue weighted by Gasteiger charge is -2.17. The normalized spacial score (nSPS) is 19.2. The van der Waals surface area contributed by atoms with E-state index in [9.17, 15) is 8.42 Å². The lowest BCUT2D eigenvalue weighted by atomic mass is 10.3. The van der Waals surface area contributed by atoms with Crippen molar-refractivity contribution in [3.05, 3.63) is 42.5 Å². The van der Waals surface area contributed by atoms with Crippen molar-refractivity contribution in [2.45, 2.75) is 38.1 Å². The third-order valence-corrected chi connectivity index (χ3v) is 6.11. The zero-order chi connectivity index (χ0) is 17.2. The topological polar surface area (TPSA) is 80.1 Å². The van der Waals surface area contributed by atoms with Crippen LogP contribution in [0.3, 0.4) is 0 Å². The molecule has 2 aromatic rings. The zero-order valence-corrected chi connectivity index (χ0v) is 14.8. The predicted molar refractivity (Wildman–Crippen MR) is 92.2 cm³/mol. The highest BCUT2D eigenvalue weighted by Gasteiger charge is 2.33. The van der Waals surface area contributed by atoms with Gasteiger partial charge in [-0.15, -0.1) is 0 Å². The minimum absolute atomic E-state index is 0.0785. The Bertz CT molecular complexity index is 773. The van der Waals surface area contributed by atoms with Crippen LogP contribution in [0, 0.1) is 0 Å². The standard InChI is InChI=1S/C16H23N5O2S/c1-13(2)19-24(22,23)15-8-9-20(10-15)11-16-17-12-18-21(16)14-6-4-3-5-7-14/h3-7,12-13,15,19H,8-11H2,1-2H3/t15-/m0/s1. The number of nitrogens with zero attached hydrogens (tertiary/aromatic N) is 4. The summed E-state index contributed by atoms with van der Waals surface area (Å²) in [6, 6.07) is 9.74. The minimum atomic E-state index is -3.27. The fraction of sp³-hybridized carbons (Fsp3) is 0.500. The van der Waals surface area contributed by atoms with E-state index in [1.54, 1.807) is 4.68 Å². The average Bonchev–Trinajstić information content (AvgIpc) is 3.17. The van der Waals surface area contributed by atoms with E-state index in [4.69, 9.17) is 0 Å². The predicted octanol–water partition coefficient (Wildman–Crippen LogP) is 1.17. The summed E-state index contributed by atoms with van der Waals surface area (Å²) >= 11 is 0. The highest BCUT2D eigenvalue weighted by Crippen LogP contribution is 2.19. The van der Waals surface area contributed by atoms with Gasteiger partial charge in [-0.2, -0.15) is 5.10 Å². The molecule has 2 heterocycles. The van der Waals surface area contributed by atoms with Crippen LogP contribution in [0.5, 0.6) is 0 Å². The van der Waals surface area contributed by atoms with Crippen LogP contribution in [0.1, 0.15) is 26.1 Å². The van der Waals surface area contributed by atoms with Crippen LogP contribution >= 0.6 is 0 Å². The van der Waals surface area contributed by atoms with E-state index in [0.29, 0.717) is 19.5 Å². The van der Waals surface area contributed by atoms with Crippen LogP contribution in [-0.2, 0) is 16.6 Å². The molecule has 1 aromatic carbocycles. The summed E-state index contributed by atoms with van der Waals surface area (Å²) in [6.45, 7) is 5.52. The van der Waals surface area contributed by atoms with Gasteiger partial charge in [0.1, 0.15) is 12.2 Å². The molecule has 0 aliphatic carbocycles. The van der Waals surface area contributed by atoms with Crippen molar-refractivity contribution in [2.75, 3.05) is 13.1 Å². The Morgan fingerprint density at radius 1 is 1.29 bits per heavy atom. The Morgan fingerprint density at radius 2 is 2.04 bits per heavy atom. The summed E-state index contributed by atoms with van der Waals surface area (Å²) in [4.78, 5) is 6.46. The Hall–Kier alpha value is -1.77. The van der Waals surface area contributed by atoms with E-state index in [1.807, 2.05) is 44.2 Å². The molecule has 1 aromatic heterocycles. The molecular formula is C16H23N5O2S. The van der Waals surface area contributed by atoms with Gasteiger partial charge in [-0.25, -0.2) is 22.8 Å². The largest absolute Gasteiger partial charge is 0.295 e. The molecule has 1 saturated heterocycles. The molecule has 7 nitrogen and oxygen atoms in total. The van der Waals surface area contributed by atoms with Crippen LogP contribution in [0.2, 0.25) is 0 Å². The van der Waals surface area contributed by atoms with E-state index in [1.165, 1.54) is 6.33 Å². The first-order valence-corrected chi connectivity index (χ1v) is 9.68.